The van der Waals surface area contributed by atoms with Gasteiger partial charge in [0.1, 0.15) is 5.75 Å². The molecule has 1 saturated heterocycles. The summed E-state index contributed by atoms with van der Waals surface area (Å²) >= 11 is 0. The summed E-state index contributed by atoms with van der Waals surface area (Å²) < 4.78 is 33.8. The average Bonchev–Trinajstić information content (AvgIpc) is 3.21. The summed E-state index contributed by atoms with van der Waals surface area (Å²) in [6, 6.07) is 11.7. The van der Waals surface area contributed by atoms with Crippen LogP contribution in [0.5, 0.6) is 5.75 Å². The molecule has 0 aliphatic carbocycles. The van der Waals surface area contributed by atoms with Crippen LogP contribution >= 0.6 is 0 Å². The summed E-state index contributed by atoms with van der Waals surface area (Å²) in [5, 5.41) is 0. The molecule has 3 rings (SSSR count). The van der Waals surface area contributed by atoms with Crippen LogP contribution in [-0.2, 0) is 10.0 Å². The fraction of sp³-hybridized carbons (Fsp3) is 0.381. The predicted molar refractivity (Wildman–Crippen MR) is 108 cm³/mol. The molecule has 0 bridgehead atoms. The van der Waals surface area contributed by atoms with Gasteiger partial charge in [-0.2, -0.15) is 0 Å². The van der Waals surface area contributed by atoms with E-state index < -0.39 is 16.1 Å². The zero-order valence-corrected chi connectivity index (χ0v) is 17.3. The van der Waals surface area contributed by atoms with Crippen molar-refractivity contribution < 1.29 is 17.9 Å². The van der Waals surface area contributed by atoms with Crippen molar-refractivity contribution in [3.63, 3.8) is 0 Å². The molecule has 1 heterocycles. The normalized spacial score (nSPS) is 15.5. The van der Waals surface area contributed by atoms with Crippen molar-refractivity contribution in [2.75, 3.05) is 20.2 Å². The second kappa shape index (κ2) is 8.32. The van der Waals surface area contributed by atoms with Gasteiger partial charge in [-0.05, 0) is 50.5 Å². The van der Waals surface area contributed by atoms with Gasteiger partial charge in [-0.25, -0.2) is 13.1 Å². The van der Waals surface area contributed by atoms with Crippen LogP contribution in [-0.4, -0.2) is 39.4 Å². The van der Waals surface area contributed by atoms with Crippen molar-refractivity contribution in [2.45, 2.75) is 37.6 Å². The number of ether oxygens (including phenoxy) is 1. The number of carbonyl (C=O) groups is 1. The second-order valence-corrected chi connectivity index (χ2v) is 8.83. The lowest BCUT2D eigenvalue weighted by molar-refractivity contribution is 0.0789. The third-order valence-corrected chi connectivity index (χ3v) is 6.55. The van der Waals surface area contributed by atoms with E-state index in [2.05, 4.69) is 4.72 Å². The summed E-state index contributed by atoms with van der Waals surface area (Å²) in [5.41, 5.74) is 2.25. The Morgan fingerprint density at radius 1 is 1.11 bits per heavy atom. The molecule has 0 aromatic heterocycles. The molecule has 6 nitrogen and oxygen atoms in total. The van der Waals surface area contributed by atoms with Crippen LogP contribution in [0.3, 0.4) is 0 Å². The molecular weight excluding hydrogens is 376 g/mol. The van der Waals surface area contributed by atoms with Gasteiger partial charge in [-0.3, -0.25) is 4.79 Å². The van der Waals surface area contributed by atoms with Crippen LogP contribution in [0.2, 0.25) is 0 Å². The highest BCUT2D eigenvalue weighted by atomic mass is 32.2. The number of aryl methyl sites for hydroxylation is 1. The first-order valence-corrected chi connectivity index (χ1v) is 10.9. The SMILES string of the molecule is COc1ccc(S(=O)(=O)N[C@H](C)c2ccc(C)cc2)cc1C(=O)N1CCCC1. The highest BCUT2D eigenvalue weighted by Gasteiger charge is 2.26. The third kappa shape index (κ3) is 4.36. The minimum Gasteiger partial charge on any atom is -0.496 e. The smallest absolute Gasteiger partial charge is 0.257 e. The average molecular weight is 403 g/mol. The fourth-order valence-electron chi connectivity index (χ4n) is 3.34. The number of carbonyl (C=O) groups excluding carboxylic acids is 1. The number of rotatable bonds is 6. The van der Waals surface area contributed by atoms with E-state index >= 15 is 0 Å². The molecule has 1 amide bonds. The first kappa shape index (κ1) is 20.4. The van der Waals surface area contributed by atoms with E-state index in [1.54, 1.807) is 11.8 Å². The molecule has 1 fully saturated rings. The molecule has 1 aliphatic heterocycles. The van der Waals surface area contributed by atoms with Crippen molar-refractivity contribution in [3.05, 3.63) is 59.2 Å². The number of likely N-dealkylation sites (tertiary alicyclic amines) is 1. The standard InChI is InChI=1S/C21H26N2O4S/c1-15-6-8-17(9-7-15)16(2)22-28(25,26)18-10-11-20(27-3)19(14-18)21(24)23-12-4-5-13-23/h6-11,14,16,22H,4-5,12-13H2,1-3H3/t16-/m1/s1. The van der Waals surface area contributed by atoms with Crippen LogP contribution in [0.25, 0.3) is 0 Å². The highest BCUT2D eigenvalue weighted by molar-refractivity contribution is 7.89. The monoisotopic (exact) mass is 402 g/mol. The molecule has 2 aromatic rings. The zero-order chi connectivity index (χ0) is 20.3. The number of methoxy groups -OCH3 is 1. The molecule has 1 aliphatic rings. The number of hydrogen-bond acceptors (Lipinski definition) is 4. The lowest BCUT2D eigenvalue weighted by atomic mass is 10.1. The highest BCUT2D eigenvalue weighted by Crippen LogP contribution is 2.26. The fourth-order valence-corrected chi connectivity index (χ4v) is 4.59. The first-order chi connectivity index (χ1) is 13.3. The largest absolute Gasteiger partial charge is 0.496 e. The molecule has 2 aromatic carbocycles. The van der Waals surface area contributed by atoms with Gasteiger partial charge < -0.3 is 9.64 Å². The Kier molecular flexibility index (Phi) is 6.05. The quantitative estimate of drug-likeness (QED) is 0.805. The summed E-state index contributed by atoms with van der Waals surface area (Å²) in [5.74, 6) is 0.181. The van der Waals surface area contributed by atoms with Gasteiger partial charge in [-0.15, -0.1) is 0 Å². The third-order valence-electron chi connectivity index (χ3n) is 5.01. The maximum atomic E-state index is 12.9. The Labute approximate surface area is 166 Å². The van der Waals surface area contributed by atoms with E-state index in [-0.39, 0.29) is 16.4 Å². The number of nitrogens with zero attached hydrogens (tertiary/aromatic N) is 1. The van der Waals surface area contributed by atoms with E-state index in [1.165, 1.54) is 25.3 Å². The van der Waals surface area contributed by atoms with E-state index in [9.17, 15) is 13.2 Å². The number of nitrogens with one attached hydrogen (secondary N) is 1. The minimum atomic E-state index is -3.80. The molecule has 0 spiro atoms. The van der Waals surface area contributed by atoms with Crippen molar-refractivity contribution in [1.82, 2.24) is 9.62 Å². The van der Waals surface area contributed by atoms with Crippen molar-refractivity contribution in [1.29, 1.82) is 0 Å². The van der Waals surface area contributed by atoms with E-state index in [1.807, 2.05) is 31.2 Å². The van der Waals surface area contributed by atoms with Crippen LogP contribution in [0, 0.1) is 6.92 Å². The van der Waals surface area contributed by atoms with Crippen molar-refractivity contribution in [3.8, 4) is 5.75 Å². The van der Waals surface area contributed by atoms with E-state index in [4.69, 9.17) is 4.74 Å². The Morgan fingerprint density at radius 3 is 2.36 bits per heavy atom. The minimum absolute atomic E-state index is 0.0507. The van der Waals surface area contributed by atoms with Gasteiger partial charge in [0.15, 0.2) is 0 Å². The Hall–Kier alpha value is -2.38. The van der Waals surface area contributed by atoms with Gasteiger partial charge in [0, 0.05) is 19.1 Å². The Bertz CT molecular complexity index is 949. The first-order valence-electron chi connectivity index (χ1n) is 9.38. The van der Waals surface area contributed by atoms with Gasteiger partial charge >= 0.3 is 0 Å². The lowest BCUT2D eigenvalue weighted by Gasteiger charge is -2.19. The lowest BCUT2D eigenvalue weighted by Crippen LogP contribution is -2.29. The van der Waals surface area contributed by atoms with Crippen LogP contribution in [0.1, 0.15) is 47.3 Å². The van der Waals surface area contributed by atoms with Gasteiger partial charge in [0.25, 0.3) is 5.91 Å². The summed E-state index contributed by atoms with van der Waals surface area (Å²) in [6.45, 7) is 5.14. The van der Waals surface area contributed by atoms with Gasteiger partial charge in [-0.1, -0.05) is 29.8 Å². The van der Waals surface area contributed by atoms with Gasteiger partial charge in [0.2, 0.25) is 10.0 Å². The van der Waals surface area contributed by atoms with Crippen molar-refractivity contribution in [2.24, 2.45) is 0 Å². The molecule has 7 heteroatoms. The Morgan fingerprint density at radius 2 is 1.75 bits per heavy atom. The molecule has 0 radical (unpaired) electrons. The topological polar surface area (TPSA) is 75.7 Å². The number of hydrogen-bond donors (Lipinski definition) is 1. The van der Waals surface area contributed by atoms with Crippen LogP contribution in [0.4, 0.5) is 0 Å². The van der Waals surface area contributed by atoms with Crippen LogP contribution < -0.4 is 9.46 Å². The zero-order valence-electron chi connectivity index (χ0n) is 16.4. The Balaban J connectivity index is 1.87. The number of benzene rings is 2. The summed E-state index contributed by atoms with van der Waals surface area (Å²) in [6.07, 6.45) is 1.92. The summed E-state index contributed by atoms with van der Waals surface area (Å²) in [7, 11) is -2.32. The molecular formula is C21H26N2O4S. The molecule has 1 N–H and O–H groups in total. The molecule has 1 atom stereocenters. The van der Waals surface area contributed by atoms with E-state index in [0.29, 0.717) is 18.8 Å². The maximum Gasteiger partial charge on any atom is 0.257 e. The van der Waals surface area contributed by atoms with Crippen LogP contribution in [0.15, 0.2) is 47.4 Å². The molecule has 28 heavy (non-hydrogen) atoms. The predicted octanol–water partition coefficient (Wildman–Crippen LogP) is 3.28. The molecule has 150 valence electrons. The molecule has 0 saturated carbocycles. The van der Waals surface area contributed by atoms with Crippen molar-refractivity contribution >= 4 is 15.9 Å². The maximum absolute atomic E-state index is 12.9. The summed E-state index contributed by atoms with van der Waals surface area (Å²) in [4.78, 5) is 14.6. The number of amides is 1. The number of sulfonamides is 1. The van der Waals surface area contributed by atoms with Gasteiger partial charge in [0.05, 0.1) is 17.6 Å². The second-order valence-electron chi connectivity index (χ2n) is 7.12. The van der Waals surface area contributed by atoms with E-state index in [0.717, 1.165) is 24.0 Å². The molecule has 0 unspecified atom stereocenters.